The lowest BCUT2D eigenvalue weighted by molar-refractivity contribution is 0.197. The number of nitriles is 1. The van der Waals surface area contributed by atoms with E-state index in [-0.39, 0.29) is 5.41 Å². The van der Waals surface area contributed by atoms with Gasteiger partial charge in [0.25, 0.3) is 0 Å². The third-order valence-electron chi connectivity index (χ3n) is 7.10. The molecule has 1 aromatic rings. The number of benzene rings is 1. The van der Waals surface area contributed by atoms with Crippen LogP contribution in [-0.2, 0) is 6.42 Å². The smallest absolute Gasteiger partial charge is 0.0689 e. The zero-order chi connectivity index (χ0) is 17.7. The first-order valence-corrected chi connectivity index (χ1v) is 10.6. The van der Waals surface area contributed by atoms with Gasteiger partial charge in [-0.3, -0.25) is 0 Å². The Morgan fingerprint density at radius 3 is 2.40 bits per heavy atom. The molecule has 2 saturated carbocycles. The van der Waals surface area contributed by atoms with Gasteiger partial charge >= 0.3 is 0 Å². The Labute approximate surface area is 154 Å². The average molecular weight is 338 g/mol. The lowest BCUT2D eigenvalue weighted by Crippen LogP contribution is -2.26. The fraction of sp³-hybridized carbons (Fsp3) is 0.708. The predicted molar refractivity (Wildman–Crippen MR) is 105 cm³/mol. The van der Waals surface area contributed by atoms with Gasteiger partial charge in [0.1, 0.15) is 0 Å². The van der Waals surface area contributed by atoms with Gasteiger partial charge in [0.05, 0.1) is 11.5 Å². The maximum atomic E-state index is 9.74. The van der Waals surface area contributed by atoms with Crippen LogP contribution < -0.4 is 0 Å². The van der Waals surface area contributed by atoms with Crippen LogP contribution in [0.2, 0.25) is 0 Å². The first-order chi connectivity index (χ1) is 12.1. The highest BCUT2D eigenvalue weighted by atomic mass is 14.4. The van der Waals surface area contributed by atoms with Gasteiger partial charge in [-0.05, 0) is 80.2 Å². The van der Waals surface area contributed by atoms with Crippen LogP contribution in [0.1, 0.15) is 95.1 Å². The molecule has 0 aliphatic heterocycles. The summed E-state index contributed by atoms with van der Waals surface area (Å²) in [6.45, 7) is 4.65. The van der Waals surface area contributed by atoms with Crippen LogP contribution >= 0.6 is 0 Å². The van der Waals surface area contributed by atoms with Crippen molar-refractivity contribution in [3.05, 3.63) is 35.4 Å². The van der Waals surface area contributed by atoms with Gasteiger partial charge in [-0.2, -0.15) is 5.26 Å². The quantitative estimate of drug-likeness (QED) is 0.566. The first-order valence-electron chi connectivity index (χ1n) is 10.6. The summed E-state index contributed by atoms with van der Waals surface area (Å²) >= 11 is 0. The summed E-state index contributed by atoms with van der Waals surface area (Å²) in [4.78, 5) is 0. The van der Waals surface area contributed by atoms with E-state index in [9.17, 15) is 5.26 Å². The molecule has 0 saturated heterocycles. The zero-order valence-electron chi connectivity index (χ0n) is 16.3. The maximum absolute atomic E-state index is 9.74. The highest BCUT2D eigenvalue weighted by molar-refractivity contribution is 5.26. The minimum absolute atomic E-state index is 0.0606. The van der Waals surface area contributed by atoms with Gasteiger partial charge in [-0.15, -0.1) is 0 Å². The van der Waals surface area contributed by atoms with Crippen molar-refractivity contribution in [3.8, 4) is 6.07 Å². The molecule has 0 radical (unpaired) electrons. The van der Waals surface area contributed by atoms with Gasteiger partial charge in [0, 0.05) is 0 Å². The SMILES string of the molecule is CCC1CCC(c2ccc(CCC3(C#N)CCCC(C)C3)cc2)CC1. The van der Waals surface area contributed by atoms with Crippen LogP contribution in [0.4, 0.5) is 0 Å². The number of rotatable bonds is 5. The Hall–Kier alpha value is -1.29. The van der Waals surface area contributed by atoms with Gasteiger partial charge in [0.15, 0.2) is 0 Å². The summed E-state index contributed by atoms with van der Waals surface area (Å²) in [7, 11) is 0. The molecule has 1 nitrogen and oxygen atoms in total. The Bertz CT molecular complexity index is 573. The van der Waals surface area contributed by atoms with Crippen molar-refractivity contribution in [3.63, 3.8) is 0 Å². The molecule has 0 heterocycles. The second-order valence-corrected chi connectivity index (χ2v) is 8.96. The highest BCUT2D eigenvalue weighted by Gasteiger charge is 2.34. The molecule has 2 aliphatic carbocycles. The Morgan fingerprint density at radius 1 is 1.08 bits per heavy atom. The van der Waals surface area contributed by atoms with Crippen molar-refractivity contribution in [2.24, 2.45) is 17.3 Å². The summed E-state index contributed by atoms with van der Waals surface area (Å²) in [6, 6.07) is 12.1. The molecule has 1 aromatic carbocycles. The fourth-order valence-electron chi connectivity index (χ4n) is 5.29. The molecule has 3 rings (SSSR count). The van der Waals surface area contributed by atoms with Crippen molar-refractivity contribution in [1.82, 2.24) is 0 Å². The summed E-state index contributed by atoms with van der Waals surface area (Å²) in [6.07, 6.45) is 13.7. The third-order valence-corrected chi connectivity index (χ3v) is 7.10. The molecular formula is C24H35N. The van der Waals surface area contributed by atoms with E-state index in [0.717, 1.165) is 37.5 Å². The summed E-state index contributed by atoms with van der Waals surface area (Å²) in [5, 5.41) is 9.74. The van der Waals surface area contributed by atoms with Crippen molar-refractivity contribution >= 4 is 0 Å². The molecule has 2 aliphatic rings. The van der Waals surface area contributed by atoms with Crippen LogP contribution in [0.5, 0.6) is 0 Å². The average Bonchev–Trinajstić information content (AvgIpc) is 2.67. The Morgan fingerprint density at radius 2 is 1.80 bits per heavy atom. The molecule has 2 atom stereocenters. The topological polar surface area (TPSA) is 23.8 Å². The van der Waals surface area contributed by atoms with E-state index in [1.54, 1.807) is 5.56 Å². The van der Waals surface area contributed by atoms with Gasteiger partial charge in [-0.25, -0.2) is 0 Å². The molecule has 25 heavy (non-hydrogen) atoms. The molecule has 2 unspecified atom stereocenters. The molecule has 0 aromatic heterocycles. The first kappa shape index (κ1) is 18.5. The van der Waals surface area contributed by atoms with E-state index >= 15 is 0 Å². The molecule has 0 amide bonds. The normalized spacial score (nSPS) is 32.9. The van der Waals surface area contributed by atoms with Crippen molar-refractivity contribution in [1.29, 1.82) is 5.26 Å². The number of hydrogen-bond donors (Lipinski definition) is 0. The number of hydrogen-bond acceptors (Lipinski definition) is 1. The lowest BCUT2D eigenvalue weighted by Gasteiger charge is -2.34. The van der Waals surface area contributed by atoms with Crippen LogP contribution in [0, 0.1) is 28.6 Å². The van der Waals surface area contributed by atoms with E-state index in [2.05, 4.69) is 44.2 Å². The van der Waals surface area contributed by atoms with Crippen LogP contribution in [0.15, 0.2) is 24.3 Å². The Balaban J connectivity index is 1.55. The van der Waals surface area contributed by atoms with Crippen molar-refractivity contribution < 1.29 is 0 Å². The van der Waals surface area contributed by atoms with E-state index < -0.39 is 0 Å². The fourth-order valence-corrected chi connectivity index (χ4v) is 5.29. The molecule has 0 spiro atoms. The van der Waals surface area contributed by atoms with E-state index in [4.69, 9.17) is 0 Å². The van der Waals surface area contributed by atoms with Crippen molar-refractivity contribution in [2.45, 2.75) is 90.4 Å². The van der Waals surface area contributed by atoms with E-state index in [1.165, 1.54) is 50.5 Å². The summed E-state index contributed by atoms with van der Waals surface area (Å²) < 4.78 is 0. The van der Waals surface area contributed by atoms with Gasteiger partial charge in [0.2, 0.25) is 0 Å². The van der Waals surface area contributed by atoms with E-state index in [1.807, 2.05) is 0 Å². The highest BCUT2D eigenvalue weighted by Crippen LogP contribution is 2.42. The second kappa shape index (κ2) is 8.39. The lowest BCUT2D eigenvalue weighted by atomic mass is 9.68. The minimum atomic E-state index is -0.0606. The molecule has 136 valence electrons. The van der Waals surface area contributed by atoms with Crippen molar-refractivity contribution in [2.75, 3.05) is 0 Å². The largest absolute Gasteiger partial charge is 0.198 e. The van der Waals surface area contributed by atoms with Crippen LogP contribution in [0.25, 0.3) is 0 Å². The molecule has 0 N–H and O–H groups in total. The maximum Gasteiger partial charge on any atom is 0.0689 e. The van der Waals surface area contributed by atoms with Gasteiger partial charge in [-0.1, -0.05) is 57.4 Å². The zero-order valence-corrected chi connectivity index (χ0v) is 16.3. The molecule has 0 bridgehead atoms. The molecular weight excluding hydrogens is 302 g/mol. The molecule has 2 fully saturated rings. The number of aryl methyl sites for hydroxylation is 1. The second-order valence-electron chi connectivity index (χ2n) is 8.96. The monoisotopic (exact) mass is 337 g/mol. The van der Waals surface area contributed by atoms with Gasteiger partial charge < -0.3 is 0 Å². The minimum Gasteiger partial charge on any atom is -0.198 e. The van der Waals surface area contributed by atoms with Crippen LogP contribution in [0.3, 0.4) is 0 Å². The third kappa shape index (κ3) is 4.66. The summed E-state index contributed by atoms with van der Waals surface area (Å²) in [5.41, 5.74) is 2.90. The standard InChI is InChI=1S/C24H35N/c1-3-20-6-10-22(11-7-20)23-12-8-21(9-13-23)14-16-24(18-25)15-4-5-19(2)17-24/h8-9,12-13,19-20,22H,3-7,10-11,14-17H2,1-2H3. The number of nitrogens with zero attached hydrogens (tertiary/aromatic N) is 1. The Kier molecular flexibility index (Phi) is 6.21. The predicted octanol–water partition coefficient (Wildman–Crippen LogP) is 7.02. The molecule has 1 heteroatoms. The summed E-state index contributed by atoms with van der Waals surface area (Å²) in [5.74, 6) is 2.46. The van der Waals surface area contributed by atoms with Crippen LogP contribution in [-0.4, -0.2) is 0 Å². The van der Waals surface area contributed by atoms with E-state index in [0.29, 0.717) is 5.92 Å².